The van der Waals surface area contributed by atoms with Gasteiger partial charge in [-0.3, -0.25) is 14.3 Å². The van der Waals surface area contributed by atoms with E-state index in [1.165, 1.54) is 0 Å². The van der Waals surface area contributed by atoms with Gasteiger partial charge in [0, 0.05) is 6.42 Å². The minimum Gasteiger partial charge on any atom is -0.467 e. The predicted molar refractivity (Wildman–Crippen MR) is 57.8 cm³/mol. The Bertz CT molecular complexity index is 609. The number of aliphatic hydroxyl groups is 1. The number of aliphatic hydroxyl groups excluding tert-OH is 1. The van der Waals surface area contributed by atoms with Crippen molar-refractivity contribution in [2.45, 2.75) is 24.9 Å². The molecule has 9 heteroatoms. The van der Waals surface area contributed by atoms with Crippen molar-refractivity contribution in [1.82, 2.24) is 9.55 Å². The van der Waals surface area contributed by atoms with Crippen molar-refractivity contribution in [3.05, 3.63) is 32.9 Å². The van der Waals surface area contributed by atoms with E-state index < -0.39 is 41.5 Å². The number of aromatic amines is 1. The number of halogens is 1. The molecule has 1 saturated heterocycles. The summed E-state index contributed by atoms with van der Waals surface area (Å²) in [6.45, 7) is 0. The number of H-pyrrole nitrogens is 1. The number of aromatic nitrogens is 2. The molecule has 1 aromatic heterocycles. The number of rotatable bonds is 2. The van der Waals surface area contributed by atoms with Gasteiger partial charge in [0.1, 0.15) is 6.23 Å². The van der Waals surface area contributed by atoms with Gasteiger partial charge in [0.2, 0.25) is 5.82 Å². The summed E-state index contributed by atoms with van der Waals surface area (Å²) < 4.78 is 23.4. The molecule has 0 amide bonds. The fourth-order valence-corrected chi connectivity index (χ4v) is 1.83. The highest BCUT2D eigenvalue weighted by atomic mass is 19.1. The molecule has 0 saturated carbocycles. The van der Waals surface area contributed by atoms with E-state index in [1.54, 1.807) is 4.98 Å². The van der Waals surface area contributed by atoms with Crippen LogP contribution in [0.3, 0.4) is 0 Å². The summed E-state index contributed by atoms with van der Waals surface area (Å²) in [5.41, 5.74) is -2.04. The summed E-state index contributed by atoms with van der Waals surface area (Å²) in [6, 6.07) is 0. The molecule has 2 rings (SSSR count). The van der Waals surface area contributed by atoms with Crippen molar-refractivity contribution in [1.29, 1.82) is 0 Å². The van der Waals surface area contributed by atoms with Crippen molar-refractivity contribution >= 4 is 5.97 Å². The number of hydrogen-bond donors (Lipinski definition) is 2. The smallest absolute Gasteiger partial charge is 0.337 e. The van der Waals surface area contributed by atoms with Crippen molar-refractivity contribution < 1.29 is 23.8 Å². The van der Waals surface area contributed by atoms with E-state index in [-0.39, 0.29) is 6.42 Å². The predicted octanol–water partition coefficient (Wildman–Crippen LogP) is -1.50. The normalized spacial score (nSPS) is 26.4. The van der Waals surface area contributed by atoms with Crippen LogP contribution in [0.5, 0.6) is 0 Å². The van der Waals surface area contributed by atoms with E-state index >= 15 is 0 Å². The number of nitrogens with one attached hydrogen (secondary N) is 1. The molecule has 19 heavy (non-hydrogen) atoms. The highest BCUT2D eigenvalue weighted by Crippen LogP contribution is 2.28. The summed E-state index contributed by atoms with van der Waals surface area (Å²) in [5, 5.41) is 9.63. The first kappa shape index (κ1) is 13.4. The number of ether oxygens (including phenoxy) is 2. The van der Waals surface area contributed by atoms with Gasteiger partial charge in [-0.2, -0.15) is 4.39 Å². The number of carbonyl (C=O) groups excluding carboxylic acids is 1. The first-order chi connectivity index (χ1) is 8.93. The molecule has 1 fully saturated rings. The van der Waals surface area contributed by atoms with E-state index in [4.69, 9.17) is 4.74 Å². The second-order valence-electron chi connectivity index (χ2n) is 3.98. The van der Waals surface area contributed by atoms with Gasteiger partial charge in [-0.15, -0.1) is 0 Å². The Hall–Kier alpha value is -2.00. The number of esters is 1. The van der Waals surface area contributed by atoms with Crippen LogP contribution in [0.4, 0.5) is 4.39 Å². The minimum atomic E-state index is -1.25. The number of carbonyl (C=O) groups is 1. The molecule has 1 aromatic rings. The zero-order valence-electron chi connectivity index (χ0n) is 9.83. The Morgan fingerprint density at radius 2 is 2.32 bits per heavy atom. The Balaban J connectivity index is 2.30. The zero-order chi connectivity index (χ0) is 14.2. The second-order valence-corrected chi connectivity index (χ2v) is 3.98. The number of methoxy groups -OCH3 is 1. The molecular formula is C10H11FN2O6. The highest BCUT2D eigenvalue weighted by molar-refractivity contribution is 5.75. The summed E-state index contributed by atoms with van der Waals surface area (Å²) in [6.07, 6.45) is -2.93. The maximum absolute atomic E-state index is 13.1. The summed E-state index contributed by atoms with van der Waals surface area (Å²) in [4.78, 5) is 35.4. The van der Waals surface area contributed by atoms with Crippen LogP contribution in [0.2, 0.25) is 0 Å². The quantitative estimate of drug-likeness (QED) is 0.635. The molecule has 1 aliphatic heterocycles. The molecule has 0 unspecified atom stereocenters. The first-order valence-corrected chi connectivity index (χ1v) is 5.36. The molecule has 0 radical (unpaired) electrons. The topological polar surface area (TPSA) is 111 Å². The van der Waals surface area contributed by atoms with Crippen LogP contribution in [0, 0.1) is 5.82 Å². The molecule has 0 bridgehead atoms. The van der Waals surface area contributed by atoms with Crippen LogP contribution in [-0.4, -0.2) is 39.9 Å². The maximum Gasteiger partial charge on any atom is 0.337 e. The SMILES string of the molecule is COC(=O)[C@H]1O[C@@H](n2cc(F)c(=O)[nH]c2=O)C[C@@H]1O. The van der Waals surface area contributed by atoms with Gasteiger partial charge in [-0.1, -0.05) is 0 Å². The second kappa shape index (κ2) is 4.94. The van der Waals surface area contributed by atoms with E-state index in [0.29, 0.717) is 6.20 Å². The molecule has 0 spiro atoms. The Morgan fingerprint density at radius 1 is 1.63 bits per heavy atom. The van der Waals surface area contributed by atoms with Gasteiger partial charge in [0.25, 0.3) is 5.56 Å². The summed E-state index contributed by atoms with van der Waals surface area (Å²) in [7, 11) is 1.12. The molecule has 8 nitrogen and oxygen atoms in total. The average molecular weight is 274 g/mol. The minimum absolute atomic E-state index is 0.106. The highest BCUT2D eigenvalue weighted by Gasteiger charge is 2.40. The van der Waals surface area contributed by atoms with Crippen LogP contribution in [0.15, 0.2) is 15.8 Å². The lowest BCUT2D eigenvalue weighted by Gasteiger charge is -2.14. The van der Waals surface area contributed by atoms with E-state index in [1.807, 2.05) is 0 Å². The van der Waals surface area contributed by atoms with Crippen LogP contribution >= 0.6 is 0 Å². The summed E-state index contributed by atoms with van der Waals surface area (Å²) in [5.74, 6) is -1.97. The third-order valence-corrected chi connectivity index (χ3v) is 2.76. The van der Waals surface area contributed by atoms with Gasteiger partial charge >= 0.3 is 11.7 Å². The molecular weight excluding hydrogens is 263 g/mol. The Morgan fingerprint density at radius 3 is 2.95 bits per heavy atom. The van der Waals surface area contributed by atoms with Gasteiger partial charge in [0.05, 0.1) is 19.4 Å². The van der Waals surface area contributed by atoms with Crippen molar-refractivity contribution in [3.63, 3.8) is 0 Å². The molecule has 1 aliphatic rings. The number of nitrogens with zero attached hydrogens (tertiary/aromatic N) is 1. The van der Waals surface area contributed by atoms with Crippen molar-refractivity contribution in [2.24, 2.45) is 0 Å². The molecule has 3 atom stereocenters. The third kappa shape index (κ3) is 2.42. The Labute approximate surface area is 105 Å². The van der Waals surface area contributed by atoms with Gasteiger partial charge in [0.15, 0.2) is 6.10 Å². The zero-order valence-corrected chi connectivity index (χ0v) is 9.83. The van der Waals surface area contributed by atoms with Crippen LogP contribution < -0.4 is 11.2 Å². The van der Waals surface area contributed by atoms with Crippen LogP contribution in [0.1, 0.15) is 12.6 Å². The Kier molecular flexibility index (Phi) is 3.49. The lowest BCUT2D eigenvalue weighted by atomic mass is 10.2. The lowest BCUT2D eigenvalue weighted by Crippen LogP contribution is -2.34. The van der Waals surface area contributed by atoms with Gasteiger partial charge in [-0.25, -0.2) is 9.59 Å². The van der Waals surface area contributed by atoms with Gasteiger partial charge < -0.3 is 14.6 Å². The fourth-order valence-electron chi connectivity index (χ4n) is 1.83. The number of hydrogen-bond acceptors (Lipinski definition) is 6. The van der Waals surface area contributed by atoms with Gasteiger partial charge in [-0.05, 0) is 0 Å². The summed E-state index contributed by atoms with van der Waals surface area (Å²) >= 11 is 0. The largest absolute Gasteiger partial charge is 0.467 e. The van der Waals surface area contributed by atoms with Crippen LogP contribution in [0.25, 0.3) is 0 Å². The lowest BCUT2D eigenvalue weighted by molar-refractivity contribution is -0.159. The molecule has 0 aromatic carbocycles. The van der Waals surface area contributed by atoms with Crippen LogP contribution in [-0.2, 0) is 14.3 Å². The monoisotopic (exact) mass is 274 g/mol. The molecule has 2 N–H and O–H groups in total. The first-order valence-electron chi connectivity index (χ1n) is 5.36. The fraction of sp³-hybridized carbons (Fsp3) is 0.500. The van der Waals surface area contributed by atoms with Crippen molar-refractivity contribution in [3.8, 4) is 0 Å². The maximum atomic E-state index is 13.1. The third-order valence-electron chi connectivity index (χ3n) is 2.76. The van der Waals surface area contributed by atoms with E-state index in [9.17, 15) is 23.9 Å². The standard InChI is InChI=1S/C10H11FN2O6/c1-18-9(16)7-5(14)2-6(19-7)13-3-4(11)8(15)12-10(13)17/h3,5-7,14H,2H2,1H3,(H,12,15,17)/t5-,6+,7-/m0/s1. The van der Waals surface area contributed by atoms with E-state index in [0.717, 1.165) is 11.7 Å². The molecule has 2 heterocycles. The van der Waals surface area contributed by atoms with E-state index in [2.05, 4.69) is 4.74 Å². The van der Waals surface area contributed by atoms with Crippen molar-refractivity contribution in [2.75, 3.05) is 7.11 Å². The molecule has 104 valence electrons. The average Bonchev–Trinajstić information content (AvgIpc) is 2.75. The molecule has 0 aliphatic carbocycles.